The molecule has 3 nitrogen and oxygen atoms in total. The minimum atomic E-state index is 0.230. The lowest BCUT2D eigenvalue weighted by Gasteiger charge is -2.36. The largest absolute Gasteiger partial charge is 0.362 e. The van der Waals surface area contributed by atoms with Crippen molar-refractivity contribution in [2.75, 3.05) is 32.9 Å². The third kappa shape index (κ3) is 6.17. The lowest BCUT2D eigenvalue weighted by Crippen LogP contribution is -2.46. The van der Waals surface area contributed by atoms with Crippen LogP contribution in [0.4, 0.5) is 0 Å². The van der Waals surface area contributed by atoms with Crippen LogP contribution < -0.4 is 5.32 Å². The molecule has 1 atom stereocenters. The van der Waals surface area contributed by atoms with Gasteiger partial charge in [0.15, 0.2) is 5.17 Å². The molecule has 0 bridgehead atoms. The average molecular weight is 286 g/mol. The first-order chi connectivity index (χ1) is 8.60. The quantitative estimate of drug-likeness (QED) is 0.860. The van der Waals surface area contributed by atoms with Crippen molar-refractivity contribution in [3.8, 4) is 0 Å². The number of nitrogens with one attached hydrogen (secondary N) is 1. The zero-order valence-electron chi connectivity index (χ0n) is 13.7. The Balaban J connectivity index is 2.57. The molecule has 1 rings (SSSR count). The molecule has 1 aliphatic rings. The van der Waals surface area contributed by atoms with Crippen LogP contribution in [-0.2, 0) is 0 Å². The summed E-state index contributed by atoms with van der Waals surface area (Å²) in [6, 6.07) is 0.546. The Kier molecular flexibility index (Phi) is 5.75. The highest BCUT2D eigenvalue weighted by Crippen LogP contribution is 2.28. The van der Waals surface area contributed by atoms with E-state index in [0.717, 1.165) is 18.3 Å². The second kappa shape index (κ2) is 6.49. The van der Waals surface area contributed by atoms with Crippen molar-refractivity contribution in [1.29, 1.82) is 0 Å². The van der Waals surface area contributed by atoms with Crippen molar-refractivity contribution in [2.45, 2.75) is 47.1 Å². The topological polar surface area (TPSA) is 27.6 Å². The van der Waals surface area contributed by atoms with Crippen LogP contribution in [-0.4, -0.2) is 49.0 Å². The van der Waals surface area contributed by atoms with Gasteiger partial charge in [-0.15, -0.1) is 0 Å². The van der Waals surface area contributed by atoms with Gasteiger partial charge in [0, 0.05) is 24.9 Å². The van der Waals surface area contributed by atoms with E-state index in [1.54, 1.807) is 0 Å². The standard InChI is InChI=1S/C15H31N3S/c1-14(2,3)12-8-9-19-13(17-12)16-10-15(4,5)11-18(6)7/h12H,8-11H2,1-7H3,(H,16,17). The molecule has 1 unspecified atom stereocenters. The van der Waals surface area contributed by atoms with Crippen LogP contribution >= 0.6 is 11.8 Å². The lowest BCUT2D eigenvalue weighted by molar-refractivity contribution is 0.248. The zero-order chi connectivity index (χ0) is 14.7. The van der Waals surface area contributed by atoms with Gasteiger partial charge in [0.25, 0.3) is 0 Å². The highest BCUT2D eigenvalue weighted by Gasteiger charge is 2.28. The molecule has 0 aromatic heterocycles. The first kappa shape index (κ1) is 16.8. The third-order valence-corrected chi connectivity index (χ3v) is 4.34. The Bertz CT molecular complexity index is 316. The van der Waals surface area contributed by atoms with Crippen LogP contribution in [0.1, 0.15) is 41.0 Å². The van der Waals surface area contributed by atoms with Crippen LogP contribution in [0.2, 0.25) is 0 Å². The van der Waals surface area contributed by atoms with Gasteiger partial charge in [0.2, 0.25) is 0 Å². The van der Waals surface area contributed by atoms with Crippen molar-refractivity contribution in [3.63, 3.8) is 0 Å². The van der Waals surface area contributed by atoms with E-state index in [-0.39, 0.29) is 5.41 Å². The van der Waals surface area contributed by atoms with Crippen molar-refractivity contribution >= 4 is 16.9 Å². The van der Waals surface area contributed by atoms with Gasteiger partial charge >= 0.3 is 0 Å². The average Bonchev–Trinajstić information content (AvgIpc) is 2.24. The molecule has 1 N–H and O–H groups in total. The molecule has 4 heteroatoms. The van der Waals surface area contributed by atoms with E-state index in [1.165, 1.54) is 12.2 Å². The molecular weight excluding hydrogens is 254 g/mol. The summed E-state index contributed by atoms with van der Waals surface area (Å²) in [5, 5.41) is 4.76. The van der Waals surface area contributed by atoms with Crippen LogP contribution in [0.5, 0.6) is 0 Å². The fourth-order valence-corrected chi connectivity index (χ4v) is 3.40. The monoisotopic (exact) mass is 285 g/mol. The van der Waals surface area contributed by atoms with Crippen molar-refractivity contribution in [3.05, 3.63) is 0 Å². The molecule has 0 radical (unpaired) electrons. The summed E-state index contributed by atoms with van der Waals surface area (Å²) in [7, 11) is 4.25. The number of hydrogen-bond donors (Lipinski definition) is 1. The molecule has 0 aromatic rings. The summed E-state index contributed by atoms with van der Waals surface area (Å²) < 4.78 is 0. The molecule has 0 saturated carbocycles. The van der Waals surface area contributed by atoms with Crippen molar-refractivity contribution < 1.29 is 0 Å². The first-order valence-electron chi connectivity index (χ1n) is 7.19. The maximum atomic E-state index is 4.81. The predicted molar refractivity (Wildman–Crippen MR) is 88.1 cm³/mol. The number of rotatable bonds is 4. The molecule has 0 spiro atoms. The lowest BCUT2D eigenvalue weighted by atomic mass is 9.85. The highest BCUT2D eigenvalue weighted by molar-refractivity contribution is 8.13. The fourth-order valence-electron chi connectivity index (χ4n) is 2.47. The van der Waals surface area contributed by atoms with E-state index < -0.39 is 0 Å². The summed E-state index contributed by atoms with van der Waals surface area (Å²) in [6.45, 7) is 13.4. The molecule has 1 heterocycles. The summed E-state index contributed by atoms with van der Waals surface area (Å²) in [4.78, 5) is 7.05. The number of amidine groups is 1. The Morgan fingerprint density at radius 3 is 2.42 bits per heavy atom. The SMILES string of the molecule is CN(C)CC(C)(C)CN=C1NC(C(C)(C)C)CCS1. The summed E-state index contributed by atoms with van der Waals surface area (Å²) in [6.07, 6.45) is 1.23. The van der Waals surface area contributed by atoms with Gasteiger partial charge in [0.1, 0.15) is 0 Å². The van der Waals surface area contributed by atoms with Crippen molar-refractivity contribution in [1.82, 2.24) is 10.2 Å². The highest BCUT2D eigenvalue weighted by atomic mass is 32.2. The Morgan fingerprint density at radius 2 is 1.89 bits per heavy atom. The number of thioether (sulfide) groups is 1. The smallest absolute Gasteiger partial charge is 0.156 e. The molecule has 0 amide bonds. The number of aliphatic imine (C=N–C) groups is 1. The molecule has 0 aromatic carbocycles. The van der Waals surface area contributed by atoms with E-state index in [1.807, 2.05) is 11.8 Å². The summed E-state index contributed by atoms with van der Waals surface area (Å²) in [5.41, 5.74) is 0.536. The van der Waals surface area contributed by atoms with E-state index in [4.69, 9.17) is 4.99 Å². The van der Waals surface area contributed by atoms with Crippen LogP contribution in [0.3, 0.4) is 0 Å². The Hall–Kier alpha value is -0.220. The number of nitrogens with zero attached hydrogens (tertiary/aromatic N) is 2. The fraction of sp³-hybridized carbons (Fsp3) is 0.933. The van der Waals surface area contributed by atoms with E-state index >= 15 is 0 Å². The van der Waals surface area contributed by atoms with Gasteiger partial charge in [-0.3, -0.25) is 4.99 Å². The molecular formula is C15H31N3S. The molecule has 1 aliphatic heterocycles. The minimum absolute atomic E-state index is 0.230. The van der Waals surface area contributed by atoms with Crippen LogP contribution in [0.25, 0.3) is 0 Å². The van der Waals surface area contributed by atoms with Gasteiger partial charge < -0.3 is 10.2 Å². The Labute approximate surface area is 123 Å². The van der Waals surface area contributed by atoms with E-state index in [0.29, 0.717) is 11.5 Å². The molecule has 0 aliphatic carbocycles. The van der Waals surface area contributed by atoms with Crippen LogP contribution in [0, 0.1) is 10.8 Å². The minimum Gasteiger partial charge on any atom is -0.362 e. The van der Waals surface area contributed by atoms with Gasteiger partial charge in [-0.25, -0.2) is 0 Å². The van der Waals surface area contributed by atoms with Gasteiger partial charge in [-0.2, -0.15) is 0 Å². The zero-order valence-corrected chi connectivity index (χ0v) is 14.5. The van der Waals surface area contributed by atoms with Crippen LogP contribution in [0.15, 0.2) is 4.99 Å². The first-order valence-corrected chi connectivity index (χ1v) is 8.17. The van der Waals surface area contributed by atoms with E-state index in [2.05, 4.69) is 58.9 Å². The predicted octanol–water partition coefficient (Wildman–Crippen LogP) is 3.07. The van der Waals surface area contributed by atoms with Gasteiger partial charge in [-0.1, -0.05) is 46.4 Å². The molecule has 1 fully saturated rings. The van der Waals surface area contributed by atoms with Gasteiger partial charge in [0.05, 0.1) is 0 Å². The molecule has 19 heavy (non-hydrogen) atoms. The Morgan fingerprint density at radius 1 is 1.26 bits per heavy atom. The summed E-state index contributed by atoms with van der Waals surface area (Å²) >= 11 is 1.87. The summed E-state index contributed by atoms with van der Waals surface area (Å²) in [5.74, 6) is 1.18. The third-order valence-electron chi connectivity index (χ3n) is 3.38. The molecule has 112 valence electrons. The van der Waals surface area contributed by atoms with E-state index in [9.17, 15) is 0 Å². The maximum Gasteiger partial charge on any atom is 0.156 e. The number of hydrogen-bond acceptors (Lipinski definition) is 3. The second-order valence-corrected chi connectivity index (χ2v) is 8.81. The van der Waals surface area contributed by atoms with Gasteiger partial charge in [-0.05, 0) is 31.3 Å². The van der Waals surface area contributed by atoms with Crippen molar-refractivity contribution in [2.24, 2.45) is 15.8 Å². The second-order valence-electron chi connectivity index (χ2n) is 7.72. The molecule has 1 saturated heterocycles. The maximum absolute atomic E-state index is 4.81. The normalized spacial score (nSPS) is 23.8.